The van der Waals surface area contributed by atoms with Crippen molar-refractivity contribution in [2.75, 3.05) is 5.73 Å². The van der Waals surface area contributed by atoms with Crippen LogP contribution in [-0.4, -0.2) is 24.8 Å². The molecule has 0 aliphatic carbocycles. The molecule has 3 aromatic heterocycles. The zero-order chi connectivity index (χ0) is 17.4. The monoisotopic (exact) mass is 340 g/mol. The summed E-state index contributed by atoms with van der Waals surface area (Å²) in [6, 6.07) is 7.46. The molecule has 0 aliphatic rings. The second kappa shape index (κ2) is 5.86. The number of hydrogen-bond donors (Lipinski definition) is 1. The highest BCUT2D eigenvalue weighted by Gasteiger charge is 2.19. The summed E-state index contributed by atoms with van der Waals surface area (Å²) in [5.41, 5.74) is 7.60. The van der Waals surface area contributed by atoms with Gasteiger partial charge in [-0.3, -0.25) is 0 Å². The second-order valence-electron chi connectivity index (χ2n) is 5.24. The van der Waals surface area contributed by atoms with Crippen LogP contribution in [0.25, 0.3) is 22.6 Å². The van der Waals surface area contributed by atoms with Crippen LogP contribution in [0.4, 0.5) is 10.2 Å². The van der Waals surface area contributed by atoms with Crippen LogP contribution in [0.2, 0.25) is 0 Å². The number of aryl methyl sites for hydroxylation is 1. The third kappa shape index (κ3) is 2.65. The Morgan fingerprint density at radius 3 is 2.72 bits per heavy atom. The molecule has 4 aromatic rings. The Morgan fingerprint density at radius 2 is 2.04 bits per heavy atom. The zero-order valence-electron chi connectivity index (χ0n) is 13.2. The van der Waals surface area contributed by atoms with Crippen LogP contribution in [-0.2, 0) is 6.54 Å². The molecule has 8 nitrogen and oxygen atoms in total. The number of nitrogens with zero attached hydrogens (tertiary/aromatic N) is 5. The van der Waals surface area contributed by atoms with Crippen LogP contribution < -0.4 is 10.5 Å². The Hall–Kier alpha value is -3.49. The molecular weight excluding hydrogens is 327 g/mol. The van der Waals surface area contributed by atoms with Crippen molar-refractivity contribution in [1.29, 1.82) is 0 Å². The van der Waals surface area contributed by atoms with Gasteiger partial charge >= 0.3 is 0 Å². The van der Waals surface area contributed by atoms with E-state index in [1.54, 1.807) is 12.3 Å². The fourth-order valence-electron chi connectivity index (χ4n) is 2.54. The van der Waals surface area contributed by atoms with Crippen LogP contribution in [0.1, 0.15) is 6.92 Å². The Labute approximate surface area is 141 Å². The fourth-order valence-corrected chi connectivity index (χ4v) is 2.54. The first-order chi connectivity index (χ1) is 12.2. The lowest BCUT2D eigenvalue weighted by Crippen LogP contribution is -2.00. The standard InChI is InChI=1S/C16H13FN6O2/c1-2-23-12-7-13(24-10-5-3-9(17)4-6-10)19-8-11(12)20-16(23)14-15(18)22-25-21-14/h3-8H,2H2,1H3,(H2,18,22). The molecule has 0 aliphatic heterocycles. The van der Waals surface area contributed by atoms with Gasteiger partial charge in [0.15, 0.2) is 17.3 Å². The number of pyridine rings is 1. The topological polar surface area (TPSA) is 105 Å². The highest BCUT2D eigenvalue weighted by atomic mass is 19.1. The first-order valence-electron chi connectivity index (χ1n) is 7.54. The van der Waals surface area contributed by atoms with Crippen LogP contribution >= 0.6 is 0 Å². The number of aromatic nitrogens is 5. The molecule has 0 saturated carbocycles. The number of anilines is 1. The van der Waals surface area contributed by atoms with Crippen LogP contribution in [0.3, 0.4) is 0 Å². The van der Waals surface area contributed by atoms with Crippen molar-refractivity contribution >= 4 is 16.9 Å². The van der Waals surface area contributed by atoms with Gasteiger partial charge in [-0.2, -0.15) is 0 Å². The minimum Gasteiger partial charge on any atom is -0.439 e. The first kappa shape index (κ1) is 15.1. The van der Waals surface area contributed by atoms with Crippen molar-refractivity contribution in [3.8, 4) is 23.1 Å². The van der Waals surface area contributed by atoms with Gasteiger partial charge in [-0.15, -0.1) is 0 Å². The summed E-state index contributed by atoms with van der Waals surface area (Å²) < 4.78 is 25.2. The normalized spacial score (nSPS) is 11.1. The van der Waals surface area contributed by atoms with Crippen molar-refractivity contribution < 1.29 is 13.8 Å². The third-order valence-electron chi connectivity index (χ3n) is 3.69. The van der Waals surface area contributed by atoms with E-state index in [-0.39, 0.29) is 11.6 Å². The third-order valence-corrected chi connectivity index (χ3v) is 3.69. The number of benzene rings is 1. The van der Waals surface area contributed by atoms with Crippen molar-refractivity contribution in [2.45, 2.75) is 13.5 Å². The minimum atomic E-state index is -0.330. The van der Waals surface area contributed by atoms with E-state index in [9.17, 15) is 4.39 Å². The number of hydrogen-bond acceptors (Lipinski definition) is 7. The largest absolute Gasteiger partial charge is 0.439 e. The quantitative estimate of drug-likeness (QED) is 0.609. The molecule has 25 heavy (non-hydrogen) atoms. The SMILES string of the molecule is CCn1c(-c2nonc2N)nc2cnc(Oc3ccc(F)cc3)cc21. The van der Waals surface area contributed by atoms with Crippen molar-refractivity contribution in [2.24, 2.45) is 0 Å². The highest BCUT2D eigenvalue weighted by Crippen LogP contribution is 2.29. The minimum absolute atomic E-state index is 0.167. The molecule has 3 heterocycles. The number of ether oxygens (including phenoxy) is 1. The maximum absolute atomic E-state index is 13.0. The molecule has 0 fully saturated rings. The van der Waals surface area contributed by atoms with Crippen molar-refractivity contribution in [3.63, 3.8) is 0 Å². The van der Waals surface area contributed by atoms with Gasteiger partial charge in [0.2, 0.25) is 5.88 Å². The van der Waals surface area contributed by atoms with Gasteiger partial charge in [-0.25, -0.2) is 19.0 Å². The van der Waals surface area contributed by atoms with E-state index in [0.717, 1.165) is 5.52 Å². The summed E-state index contributed by atoms with van der Waals surface area (Å²) in [7, 11) is 0. The van der Waals surface area contributed by atoms with Crippen molar-refractivity contribution in [1.82, 2.24) is 24.8 Å². The van der Waals surface area contributed by atoms with Gasteiger partial charge in [-0.05, 0) is 41.5 Å². The number of nitrogen functional groups attached to an aromatic ring is 1. The predicted octanol–water partition coefficient (Wildman–Crippen LogP) is 3.01. The van der Waals surface area contributed by atoms with Gasteiger partial charge in [0.1, 0.15) is 17.1 Å². The molecule has 1 aromatic carbocycles. The van der Waals surface area contributed by atoms with Crippen LogP contribution in [0.5, 0.6) is 11.6 Å². The molecular formula is C16H13FN6O2. The van der Waals surface area contributed by atoms with E-state index in [1.165, 1.54) is 24.3 Å². The molecule has 9 heteroatoms. The average Bonchev–Trinajstić information content (AvgIpc) is 3.19. The van der Waals surface area contributed by atoms with Gasteiger partial charge in [-0.1, -0.05) is 0 Å². The maximum Gasteiger partial charge on any atom is 0.221 e. The summed E-state index contributed by atoms with van der Waals surface area (Å²) in [5.74, 6) is 1.23. The van der Waals surface area contributed by atoms with Crippen LogP contribution in [0.15, 0.2) is 41.2 Å². The summed E-state index contributed by atoms with van der Waals surface area (Å²) >= 11 is 0. The number of halogens is 1. The van der Waals surface area contributed by atoms with Crippen molar-refractivity contribution in [3.05, 3.63) is 42.3 Å². The van der Waals surface area contributed by atoms with E-state index < -0.39 is 0 Å². The maximum atomic E-state index is 13.0. The van der Waals surface area contributed by atoms with E-state index in [1.807, 2.05) is 11.5 Å². The van der Waals surface area contributed by atoms with E-state index in [2.05, 4.69) is 24.9 Å². The molecule has 0 amide bonds. The van der Waals surface area contributed by atoms with E-state index in [0.29, 0.717) is 35.2 Å². The van der Waals surface area contributed by atoms with E-state index >= 15 is 0 Å². The molecule has 4 rings (SSSR count). The smallest absolute Gasteiger partial charge is 0.221 e. The number of fused-ring (bicyclic) bond motifs is 1. The Bertz CT molecular complexity index is 1040. The number of imidazole rings is 1. The molecule has 0 saturated heterocycles. The van der Waals surface area contributed by atoms with Gasteiger partial charge in [0, 0.05) is 12.6 Å². The van der Waals surface area contributed by atoms with Gasteiger partial charge in [0.05, 0.1) is 11.7 Å². The van der Waals surface area contributed by atoms with E-state index in [4.69, 9.17) is 10.5 Å². The average molecular weight is 340 g/mol. The van der Waals surface area contributed by atoms with Gasteiger partial charge in [0.25, 0.3) is 0 Å². The second-order valence-corrected chi connectivity index (χ2v) is 5.24. The predicted molar refractivity (Wildman–Crippen MR) is 87.4 cm³/mol. The molecule has 0 radical (unpaired) electrons. The lowest BCUT2D eigenvalue weighted by Gasteiger charge is -2.06. The Kier molecular flexibility index (Phi) is 3.53. The Balaban J connectivity index is 1.77. The molecule has 0 unspecified atom stereocenters. The molecule has 2 N–H and O–H groups in total. The molecule has 0 spiro atoms. The van der Waals surface area contributed by atoms with Crippen LogP contribution in [0, 0.1) is 5.82 Å². The molecule has 0 atom stereocenters. The summed E-state index contributed by atoms with van der Waals surface area (Å²) in [6.07, 6.45) is 1.59. The molecule has 126 valence electrons. The number of rotatable bonds is 4. The summed E-state index contributed by atoms with van der Waals surface area (Å²) in [4.78, 5) is 8.73. The highest BCUT2D eigenvalue weighted by molar-refractivity contribution is 5.81. The zero-order valence-corrected chi connectivity index (χ0v) is 13.2. The fraction of sp³-hybridized carbons (Fsp3) is 0.125. The number of nitrogens with two attached hydrogens (primary N) is 1. The molecule has 0 bridgehead atoms. The van der Waals surface area contributed by atoms with Gasteiger partial charge < -0.3 is 15.0 Å². The lowest BCUT2D eigenvalue weighted by molar-refractivity contribution is 0.310. The summed E-state index contributed by atoms with van der Waals surface area (Å²) in [5, 5.41) is 7.39. The first-order valence-corrected chi connectivity index (χ1v) is 7.54. The Morgan fingerprint density at radius 1 is 1.24 bits per heavy atom. The lowest BCUT2D eigenvalue weighted by atomic mass is 10.3. The summed E-state index contributed by atoms with van der Waals surface area (Å²) in [6.45, 7) is 2.59.